The lowest BCUT2D eigenvalue weighted by Crippen LogP contribution is -2.52. The van der Waals surface area contributed by atoms with Crippen molar-refractivity contribution >= 4 is 6.09 Å². The molecule has 1 aliphatic carbocycles. The minimum Gasteiger partial charge on any atom is -0.444 e. The molecule has 0 radical (unpaired) electrons. The van der Waals surface area contributed by atoms with E-state index in [1.165, 1.54) is 6.42 Å². The summed E-state index contributed by atoms with van der Waals surface area (Å²) < 4.78 is 5.32. The van der Waals surface area contributed by atoms with Gasteiger partial charge in [0.2, 0.25) is 0 Å². The van der Waals surface area contributed by atoms with Gasteiger partial charge < -0.3 is 15.4 Å². The van der Waals surface area contributed by atoms with Crippen LogP contribution in [0.1, 0.15) is 53.4 Å². The highest BCUT2D eigenvalue weighted by molar-refractivity contribution is 5.68. The molecular formula is C15H28N2O2. The summed E-state index contributed by atoms with van der Waals surface area (Å²) in [6.45, 7) is 12.3. The highest BCUT2D eigenvalue weighted by Gasteiger charge is 2.27. The van der Waals surface area contributed by atoms with Gasteiger partial charge in [0.15, 0.2) is 0 Å². The van der Waals surface area contributed by atoms with Crippen LogP contribution in [0.25, 0.3) is 0 Å². The summed E-state index contributed by atoms with van der Waals surface area (Å²) in [5.41, 5.74) is 0.668. The number of alkyl carbamates (subject to hydrolysis) is 1. The van der Waals surface area contributed by atoms with Gasteiger partial charge in [0.05, 0.1) is 0 Å². The molecule has 1 aliphatic rings. The second-order valence-electron chi connectivity index (χ2n) is 6.48. The lowest BCUT2D eigenvalue weighted by Gasteiger charge is -2.33. The van der Waals surface area contributed by atoms with Crippen LogP contribution in [0.15, 0.2) is 12.2 Å². The first-order valence-electron chi connectivity index (χ1n) is 7.15. The van der Waals surface area contributed by atoms with E-state index in [2.05, 4.69) is 17.2 Å². The standard InChI is InChI=1S/C15H28N2O2/c1-11(2)10-16-12-8-6-7-9-13(12)17-14(18)19-15(3,4)5/h12-13,16H,1,6-10H2,2-5H3,(H,17,18)/t12-,13-/m1/s1. The molecule has 0 aliphatic heterocycles. The number of rotatable bonds is 4. The van der Waals surface area contributed by atoms with Crippen molar-refractivity contribution in [1.82, 2.24) is 10.6 Å². The van der Waals surface area contributed by atoms with Gasteiger partial charge in [-0.15, -0.1) is 0 Å². The number of hydrogen-bond acceptors (Lipinski definition) is 3. The maximum absolute atomic E-state index is 11.8. The maximum atomic E-state index is 11.8. The Morgan fingerprint density at radius 3 is 2.37 bits per heavy atom. The molecule has 110 valence electrons. The van der Waals surface area contributed by atoms with Gasteiger partial charge in [0, 0.05) is 18.6 Å². The Balaban J connectivity index is 2.47. The summed E-state index contributed by atoms with van der Waals surface area (Å²) in [7, 11) is 0. The van der Waals surface area contributed by atoms with Crippen molar-refractivity contribution < 1.29 is 9.53 Å². The van der Waals surface area contributed by atoms with E-state index in [4.69, 9.17) is 4.74 Å². The summed E-state index contributed by atoms with van der Waals surface area (Å²) in [5, 5.41) is 6.47. The third kappa shape index (κ3) is 6.62. The molecule has 1 fully saturated rings. The highest BCUT2D eigenvalue weighted by Crippen LogP contribution is 2.19. The van der Waals surface area contributed by atoms with Gasteiger partial charge in [-0.05, 0) is 40.5 Å². The van der Waals surface area contributed by atoms with Crippen LogP contribution >= 0.6 is 0 Å². The second-order valence-corrected chi connectivity index (χ2v) is 6.48. The second kappa shape index (κ2) is 6.94. The third-order valence-corrected chi connectivity index (χ3v) is 3.13. The molecule has 2 N–H and O–H groups in total. The quantitative estimate of drug-likeness (QED) is 0.771. The Kier molecular flexibility index (Phi) is 5.85. The average Bonchev–Trinajstić information content (AvgIpc) is 2.25. The molecular weight excluding hydrogens is 240 g/mol. The molecule has 1 rings (SSSR count). The molecule has 1 saturated carbocycles. The largest absolute Gasteiger partial charge is 0.444 e. The summed E-state index contributed by atoms with van der Waals surface area (Å²) in [6.07, 6.45) is 4.15. The molecule has 0 bridgehead atoms. The fourth-order valence-corrected chi connectivity index (χ4v) is 2.31. The van der Waals surface area contributed by atoms with E-state index in [-0.39, 0.29) is 12.1 Å². The first-order valence-corrected chi connectivity index (χ1v) is 7.15. The molecule has 0 saturated heterocycles. The molecule has 0 aromatic heterocycles. The third-order valence-electron chi connectivity index (χ3n) is 3.13. The van der Waals surface area contributed by atoms with Gasteiger partial charge in [-0.25, -0.2) is 4.79 Å². The highest BCUT2D eigenvalue weighted by atomic mass is 16.6. The van der Waals surface area contributed by atoms with Crippen LogP contribution in [-0.2, 0) is 4.74 Å². The molecule has 0 unspecified atom stereocenters. The van der Waals surface area contributed by atoms with Crippen LogP contribution < -0.4 is 10.6 Å². The Labute approximate surface area is 117 Å². The van der Waals surface area contributed by atoms with Crippen LogP contribution in [0.2, 0.25) is 0 Å². The minimum absolute atomic E-state index is 0.156. The Morgan fingerprint density at radius 2 is 1.84 bits per heavy atom. The van der Waals surface area contributed by atoms with E-state index in [0.29, 0.717) is 6.04 Å². The van der Waals surface area contributed by atoms with E-state index in [0.717, 1.165) is 31.4 Å². The lowest BCUT2D eigenvalue weighted by atomic mass is 9.90. The molecule has 0 aromatic carbocycles. The predicted molar refractivity (Wildman–Crippen MR) is 78.2 cm³/mol. The van der Waals surface area contributed by atoms with Crippen molar-refractivity contribution in [2.45, 2.75) is 71.1 Å². The van der Waals surface area contributed by atoms with Crippen molar-refractivity contribution in [3.8, 4) is 0 Å². The molecule has 19 heavy (non-hydrogen) atoms. The summed E-state index contributed by atoms with van der Waals surface area (Å²) in [4.78, 5) is 11.8. The van der Waals surface area contributed by atoms with E-state index < -0.39 is 5.60 Å². The summed E-state index contributed by atoms with van der Waals surface area (Å²) in [5.74, 6) is 0. The zero-order valence-corrected chi connectivity index (χ0v) is 12.7. The van der Waals surface area contributed by atoms with Crippen LogP contribution in [0.5, 0.6) is 0 Å². The molecule has 1 amide bonds. The fourth-order valence-electron chi connectivity index (χ4n) is 2.31. The van der Waals surface area contributed by atoms with Crippen LogP contribution in [0.4, 0.5) is 4.79 Å². The summed E-state index contributed by atoms with van der Waals surface area (Å²) in [6, 6.07) is 0.473. The molecule has 4 heteroatoms. The van der Waals surface area contributed by atoms with Crippen molar-refractivity contribution in [3.63, 3.8) is 0 Å². The molecule has 0 aromatic rings. The van der Waals surface area contributed by atoms with Crippen LogP contribution in [0.3, 0.4) is 0 Å². The molecule has 2 atom stereocenters. The van der Waals surface area contributed by atoms with Crippen LogP contribution in [-0.4, -0.2) is 30.3 Å². The van der Waals surface area contributed by atoms with E-state index in [1.54, 1.807) is 0 Å². The molecule has 0 heterocycles. The van der Waals surface area contributed by atoms with Crippen molar-refractivity contribution in [1.29, 1.82) is 0 Å². The molecule has 4 nitrogen and oxygen atoms in total. The number of amides is 1. The van der Waals surface area contributed by atoms with Gasteiger partial charge >= 0.3 is 6.09 Å². The van der Waals surface area contributed by atoms with Gasteiger partial charge in [-0.2, -0.15) is 0 Å². The smallest absolute Gasteiger partial charge is 0.407 e. The monoisotopic (exact) mass is 268 g/mol. The minimum atomic E-state index is -0.445. The fraction of sp³-hybridized carbons (Fsp3) is 0.800. The maximum Gasteiger partial charge on any atom is 0.407 e. The first-order chi connectivity index (χ1) is 8.78. The number of carbonyl (C=O) groups is 1. The Bertz CT molecular complexity index is 321. The Hall–Kier alpha value is -1.03. The van der Waals surface area contributed by atoms with E-state index in [1.807, 2.05) is 27.7 Å². The van der Waals surface area contributed by atoms with Gasteiger partial charge in [-0.3, -0.25) is 0 Å². The SMILES string of the molecule is C=C(C)CN[C@@H]1CCCC[C@H]1NC(=O)OC(C)(C)C. The van der Waals surface area contributed by atoms with Gasteiger partial charge in [-0.1, -0.05) is 25.0 Å². The summed E-state index contributed by atoms with van der Waals surface area (Å²) >= 11 is 0. The van der Waals surface area contributed by atoms with Crippen molar-refractivity contribution in [3.05, 3.63) is 12.2 Å². The first kappa shape index (κ1) is 16.0. The van der Waals surface area contributed by atoms with E-state index >= 15 is 0 Å². The number of nitrogens with one attached hydrogen (secondary N) is 2. The number of carbonyl (C=O) groups excluding carboxylic acids is 1. The van der Waals surface area contributed by atoms with E-state index in [9.17, 15) is 4.79 Å². The lowest BCUT2D eigenvalue weighted by molar-refractivity contribution is 0.0480. The zero-order valence-electron chi connectivity index (χ0n) is 12.7. The predicted octanol–water partition coefficient (Wildman–Crippen LogP) is 2.99. The number of ether oxygens (including phenoxy) is 1. The van der Waals surface area contributed by atoms with Crippen LogP contribution in [0, 0.1) is 0 Å². The van der Waals surface area contributed by atoms with Gasteiger partial charge in [0.1, 0.15) is 5.60 Å². The van der Waals surface area contributed by atoms with Gasteiger partial charge in [0.25, 0.3) is 0 Å². The topological polar surface area (TPSA) is 50.4 Å². The zero-order chi connectivity index (χ0) is 14.5. The average molecular weight is 268 g/mol. The Morgan fingerprint density at radius 1 is 1.26 bits per heavy atom. The van der Waals surface area contributed by atoms with Crippen molar-refractivity contribution in [2.24, 2.45) is 0 Å². The molecule has 0 spiro atoms. The number of hydrogen-bond donors (Lipinski definition) is 2. The van der Waals surface area contributed by atoms with Crippen molar-refractivity contribution in [2.75, 3.05) is 6.54 Å². The normalized spacial score (nSPS) is 23.8.